The van der Waals surface area contributed by atoms with E-state index in [0.29, 0.717) is 3.70 Å². The highest BCUT2D eigenvalue weighted by atomic mass is 127. The molecule has 0 spiro atoms. The fraction of sp³-hybridized carbons (Fsp3) is 0.167. The van der Waals surface area contributed by atoms with Gasteiger partial charge in [-0.25, -0.2) is 14.8 Å². The van der Waals surface area contributed by atoms with E-state index >= 15 is 0 Å². The van der Waals surface area contributed by atoms with Crippen LogP contribution in [0.2, 0.25) is 0 Å². The summed E-state index contributed by atoms with van der Waals surface area (Å²) in [6.07, 6.45) is 1.44. The van der Waals surface area contributed by atoms with Gasteiger partial charge in [-0.15, -0.1) is 0 Å². The summed E-state index contributed by atoms with van der Waals surface area (Å²) < 4.78 is 0.426. The molecule has 0 atom stereocenters. The highest BCUT2D eigenvalue weighted by Crippen LogP contribution is 2.06. The average Bonchev–Trinajstić information content (AvgIpc) is 1.85. The zero-order valence-electron chi connectivity index (χ0n) is 5.71. The van der Waals surface area contributed by atoms with E-state index in [1.807, 2.05) is 22.6 Å². The molecule has 4 nitrogen and oxygen atoms in total. The number of carboxylic acids is 1. The summed E-state index contributed by atoms with van der Waals surface area (Å²) in [6.45, 7) is 1.76. The number of halogens is 1. The molecule has 0 aliphatic carbocycles. The lowest BCUT2D eigenvalue weighted by Crippen LogP contribution is -2.05. The van der Waals surface area contributed by atoms with Crippen LogP contribution in [-0.2, 0) is 0 Å². The molecule has 0 fully saturated rings. The molecule has 0 unspecified atom stereocenters. The van der Waals surface area contributed by atoms with Gasteiger partial charge in [-0.3, -0.25) is 0 Å². The first-order chi connectivity index (χ1) is 5.11. The van der Waals surface area contributed by atoms with Gasteiger partial charge >= 0.3 is 5.97 Å². The Morgan fingerprint density at radius 2 is 2.36 bits per heavy atom. The number of aromatic nitrogens is 2. The van der Waals surface area contributed by atoms with E-state index in [9.17, 15) is 4.79 Å². The first-order valence-electron chi connectivity index (χ1n) is 2.83. The molecule has 1 N–H and O–H groups in total. The van der Waals surface area contributed by atoms with E-state index < -0.39 is 5.97 Å². The Morgan fingerprint density at radius 1 is 1.73 bits per heavy atom. The van der Waals surface area contributed by atoms with Crippen LogP contribution < -0.4 is 0 Å². The van der Waals surface area contributed by atoms with Gasteiger partial charge in [0.25, 0.3) is 0 Å². The fourth-order valence-electron chi connectivity index (χ4n) is 0.591. The summed E-state index contributed by atoms with van der Waals surface area (Å²) >= 11 is 1.85. The van der Waals surface area contributed by atoms with Crippen molar-refractivity contribution in [2.24, 2.45) is 0 Å². The first-order valence-corrected chi connectivity index (χ1v) is 3.91. The normalized spacial score (nSPS) is 9.64. The van der Waals surface area contributed by atoms with Crippen LogP contribution in [0.1, 0.15) is 16.2 Å². The fourth-order valence-corrected chi connectivity index (χ4v) is 1.34. The van der Waals surface area contributed by atoms with Gasteiger partial charge in [0, 0.05) is 6.20 Å². The Labute approximate surface area is 76.8 Å². The zero-order chi connectivity index (χ0) is 8.43. The minimum absolute atomic E-state index is 0.0104. The monoisotopic (exact) mass is 264 g/mol. The standard InChI is InChI=1S/C6H5IN2O2/c1-3-2-8-4(6(10)11)5(7)9-3/h2H,1H3,(H,10,11). The smallest absolute Gasteiger partial charge is 0.357 e. The number of hydrogen-bond acceptors (Lipinski definition) is 3. The molecule has 0 amide bonds. The average molecular weight is 264 g/mol. The van der Waals surface area contributed by atoms with E-state index in [-0.39, 0.29) is 5.69 Å². The molecule has 58 valence electrons. The minimum atomic E-state index is -1.04. The van der Waals surface area contributed by atoms with Gasteiger partial charge in [0.1, 0.15) is 3.70 Å². The molecule has 1 aromatic heterocycles. The zero-order valence-corrected chi connectivity index (χ0v) is 7.86. The number of hydrogen-bond donors (Lipinski definition) is 1. The molecule has 0 aliphatic heterocycles. The van der Waals surface area contributed by atoms with Gasteiger partial charge in [-0.1, -0.05) is 0 Å². The Bertz CT molecular complexity index is 301. The van der Waals surface area contributed by atoms with Gasteiger partial charge in [0.15, 0.2) is 5.69 Å². The molecule has 0 aromatic carbocycles. The summed E-state index contributed by atoms with van der Waals surface area (Å²) in [5.74, 6) is -1.04. The van der Waals surface area contributed by atoms with Gasteiger partial charge in [-0.05, 0) is 29.5 Å². The summed E-state index contributed by atoms with van der Waals surface area (Å²) in [7, 11) is 0. The molecule has 0 radical (unpaired) electrons. The molecule has 0 saturated heterocycles. The highest BCUT2D eigenvalue weighted by molar-refractivity contribution is 14.1. The SMILES string of the molecule is Cc1cnc(C(=O)O)c(I)n1. The van der Waals surface area contributed by atoms with E-state index in [1.54, 1.807) is 6.92 Å². The van der Waals surface area contributed by atoms with E-state index in [2.05, 4.69) is 9.97 Å². The molecular formula is C6H5IN2O2. The Hall–Kier alpha value is -0.720. The van der Waals surface area contributed by atoms with Gasteiger partial charge in [-0.2, -0.15) is 0 Å². The van der Waals surface area contributed by atoms with Crippen LogP contribution >= 0.6 is 22.6 Å². The number of aryl methyl sites for hydroxylation is 1. The maximum absolute atomic E-state index is 10.4. The van der Waals surface area contributed by atoms with Crippen molar-refractivity contribution < 1.29 is 9.90 Å². The Balaban J connectivity index is 3.20. The van der Waals surface area contributed by atoms with Crippen LogP contribution in [0.15, 0.2) is 6.20 Å². The van der Waals surface area contributed by atoms with Crippen molar-refractivity contribution >= 4 is 28.6 Å². The third-order valence-corrected chi connectivity index (χ3v) is 1.81. The lowest BCUT2D eigenvalue weighted by atomic mass is 10.4. The van der Waals surface area contributed by atoms with Crippen LogP contribution in [-0.4, -0.2) is 21.0 Å². The van der Waals surface area contributed by atoms with E-state index in [4.69, 9.17) is 5.11 Å². The van der Waals surface area contributed by atoms with Crippen molar-refractivity contribution in [2.75, 3.05) is 0 Å². The lowest BCUT2D eigenvalue weighted by Gasteiger charge is -1.96. The Morgan fingerprint density at radius 3 is 2.82 bits per heavy atom. The van der Waals surface area contributed by atoms with Gasteiger partial charge < -0.3 is 5.11 Å². The maximum atomic E-state index is 10.4. The molecule has 0 aliphatic rings. The van der Waals surface area contributed by atoms with Crippen LogP contribution in [0.5, 0.6) is 0 Å². The minimum Gasteiger partial charge on any atom is -0.476 e. The third kappa shape index (κ3) is 1.86. The molecule has 1 aromatic rings. The summed E-state index contributed by atoms with van der Waals surface area (Å²) in [6, 6.07) is 0. The van der Waals surface area contributed by atoms with E-state index in [1.165, 1.54) is 6.20 Å². The summed E-state index contributed by atoms with van der Waals surface area (Å²) in [4.78, 5) is 18.1. The second kappa shape index (κ2) is 3.12. The third-order valence-electron chi connectivity index (χ3n) is 1.05. The molecular weight excluding hydrogens is 259 g/mol. The predicted octanol–water partition coefficient (Wildman–Crippen LogP) is 1.09. The molecule has 11 heavy (non-hydrogen) atoms. The molecule has 0 saturated carbocycles. The van der Waals surface area contributed by atoms with Gasteiger partial charge in [0.05, 0.1) is 5.69 Å². The number of carbonyl (C=O) groups is 1. The van der Waals surface area contributed by atoms with Crippen LogP contribution in [0, 0.1) is 10.6 Å². The topological polar surface area (TPSA) is 63.1 Å². The van der Waals surface area contributed by atoms with Crippen LogP contribution in [0.4, 0.5) is 0 Å². The number of carboxylic acid groups (broad SMARTS) is 1. The number of rotatable bonds is 1. The van der Waals surface area contributed by atoms with Crippen LogP contribution in [0.25, 0.3) is 0 Å². The van der Waals surface area contributed by atoms with Crippen molar-refractivity contribution in [1.82, 2.24) is 9.97 Å². The second-order valence-corrected chi connectivity index (χ2v) is 2.98. The lowest BCUT2D eigenvalue weighted by molar-refractivity contribution is 0.0688. The maximum Gasteiger partial charge on any atom is 0.357 e. The van der Waals surface area contributed by atoms with Crippen molar-refractivity contribution in [3.8, 4) is 0 Å². The quantitative estimate of drug-likeness (QED) is 0.771. The van der Waals surface area contributed by atoms with E-state index in [0.717, 1.165) is 5.69 Å². The number of aromatic carboxylic acids is 1. The van der Waals surface area contributed by atoms with Crippen molar-refractivity contribution in [2.45, 2.75) is 6.92 Å². The molecule has 1 heterocycles. The van der Waals surface area contributed by atoms with Crippen LogP contribution in [0.3, 0.4) is 0 Å². The van der Waals surface area contributed by atoms with Crippen molar-refractivity contribution in [3.05, 3.63) is 21.3 Å². The molecule has 0 bridgehead atoms. The highest BCUT2D eigenvalue weighted by Gasteiger charge is 2.09. The second-order valence-electron chi connectivity index (χ2n) is 1.96. The number of nitrogens with zero attached hydrogens (tertiary/aromatic N) is 2. The molecule has 5 heteroatoms. The first kappa shape index (κ1) is 8.38. The van der Waals surface area contributed by atoms with Crippen molar-refractivity contribution in [3.63, 3.8) is 0 Å². The molecule has 1 rings (SSSR count). The largest absolute Gasteiger partial charge is 0.476 e. The Kier molecular flexibility index (Phi) is 2.38. The van der Waals surface area contributed by atoms with Crippen molar-refractivity contribution in [1.29, 1.82) is 0 Å². The summed E-state index contributed by atoms with van der Waals surface area (Å²) in [5, 5.41) is 8.55. The predicted molar refractivity (Wildman–Crippen MR) is 46.4 cm³/mol. The summed E-state index contributed by atoms with van der Waals surface area (Å²) in [5.41, 5.74) is 0.732. The van der Waals surface area contributed by atoms with Gasteiger partial charge in [0.2, 0.25) is 0 Å².